The van der Waals surface area contributed by atoms with E-state index in [1.807, 2.05) is 18.2 Å². The van der Waals surface area contributed by atoms with Crippen molar-refractivity contribution < 1.29 is 15.1 Å². The molecular formula is C16H11N3NaO4. The van der Waals surface area contributed by atoms with Crippen molar-refractivity contribution in [2.75, 3.05) is 0 Å². The summed E-state index contributed by atoms with van der Waals surface area (Å²) >= 11 is 0. The number of non-ortho nitro benzene ring substituents is 1. The van der Waals surface area contributed by atoms with Gasteiger partial charge in [-0.05, 0) is 17.5 Å². The van der Waals surface area contributed by atoms with E-state index in [1.165, 1.54) is 18.2 Å². The summed E-state index contributed by atoms with van der Waals surface area (Å²) in [7, 11) is 0. The van der Waals surface area contributed by atoms with E-state index in [1.54, 1.807) is 12.1 Å². The number of azo groups is 1. The van der Waals surface area contributed by atoms with Gasteiger partial charge in [0.05, 0.1) is 11.0 Å². The molecule has 0 atom stereocenters. The SMILES string of the molecule is O=[N+]([O-])c1ccc(N=Nc2c(O)ccc3ccccc23)c(O)c1.[Na]. The van der Waals surface area contributed by atoms with E-state index in [9.17, 15) is 20.3 Å². The monoisotopic (exact) mass is 332 g/mol. The standard InChI is InChI=1S/C16H11N3O4.Na/c20-14-8-5-10-3-1-2-4-12(10)16(14)18-17-13-7-6-11(19(22)23)9-15(13)21;/h1-9,20-21H;. The molecule has 3 rings (SSSR count). The van der Waals surface area contributed by atoms with Crippen LogP contribution < -0.4 is 0 Å². The fourth-order valence-corrected chi connectivity index (χ4v) is 2.16. The molecule has 0 aliphatic carbocycles. The molecule has 0 aromatic heterocycles. The molecule has 3 aromatic rings. The molecule has 0 spiro atoms. The number of nitrogens with zero attached hydrogens (tertiary/aromatic N) is 3. The Hall–Kier alpha value is -2.48. The Morgan fingerprint density at radius 3 is 2.38 bits per heavy atom. The third-order valence-corrected chi connectivity index (χ3v) is 3.31. The van der Waals surface area contributed by atoms with Gasteiger partial charge in [0.2, 0.25) is 0 Å². The Morgan fingerprint density at radius 1 is 0.917 bits per heavy atom. The maximum Gasteiger partial charge on any atom is 0.273 e. The summed E-state index contributed by atoms with van der Waals surface area (Å²) in [6.45, 7) is 0. The zero-order valence-corrected chi connectivity index (χ0v) is 14.7. The Balaban J connectivity index is 0.00000208. The molecule has 0 bridgehead atoms. The van der Waals surface area contributed by atoms with Gasteiger partial charge in [0, 0.05) is 41.0 Å². The molecule has 3 aromatic carbocycles. The molecule has 0 fully saturated rings. The zero-order valence-electron chi connectivity index (χ0n) is 12.7. The summed E-state index contributed by atoms with van der Waals surface area (Å²) in [5.74, 6) is -0.406. The van der Waals surface area contributed by atoms with Crippen LogP contribution in [0.1, 0.15) is 0 Å². The Bertz CT molecular complexity index is 944. The predicted molar refractivity (Wildman–Crippen MR) is 90.3 cm³/mol. The van der Waals surface area contributed by atoms with Crippen LogP contribution in [0, 0.1) is 10.1 Å². The van der Waals surface area contributed by atoms with Crippen molar-refractivity contribution in [2.45, 2.75) is 0 Å². The van der Waals surface area contributed by atoms with Gasteiger partial charge < -0.3 is 10.2 Å². The maximum atomic E-state index is 10.6. The first-order valence-electron chi connectivity index (χ1n) is 6.66. The van der Waals surface area contributed by atoms with Crippen LogP contribution in [-0.2, 0) is 0 Å². The second-order valence-corrected chi connectivity index (χ2v) is 4.78. The smallest absolute Gasteiger partial charge is 0.273 e. The number of phenolic OH excluding ortho intramolecular Hbond substituents is 2. The van der Waals surface area contributed by atoms with Gasteiger partial charge in [0.25, 0.3) is 5.69 Å². The van der Waals surface area contributed by atoms with Crippen molar-refractivity contribution in [3.63, 3.8) is 0 Å². The van der Waals surface area contributed by atoms with Crippen molar-refractivity contribution in [1.82, 2.24) is 0 Å². The third-order valence-electron chi connectivity index (χ3n) is 3.31. The molecule has 115 valence electrons. The van der Waals surface area contributed by atoms with E-state index < -0.39 is 4.92 Å². The van der Waals surface area contributed by atoms with Crippen molar-refractivity contribution >= 4 is 57.4 Å². The molecule has 0 aliphatic rings. The number of benzene rings is 3. The molecule has 0 saturated heterocycles. The van der Waals surface area contributed by atoms with Crippen molar-refractivity contribution in [2.24, 2.45) is 10.2 Å². The van der Waals surface area contributed by atoms with E-state index in [0.717, 1.165) is 11.5 Å². The van der Waals surface area contributed by atoms with Gasteiger partial charge in [-0.2, -0.15) is 0 Å². The first kappa shape index (κ1) is 17.9. The van der Waals surface area contributed by atoms with Gasteiger partial charge in [-0.15, -0.1) is 10.2 Å². The molecule has 2 N–H and O–H groups in total. The minimum atomic E-state index is -0.614. The third kappa shape index (κ3) is 3.53. The molecular weight excluding hydrogens is 321 g/mol. The van der Waals surface area contributed by atoms with Crippen LogP contribution in [0.15, 0.2) is 64.8 Å². The summed E-state index contributed by atoms with van der Waals surface area (Å²) in [5, 5.41) is 39.8. The van der Waals surface area contributed by atoms with E-state index in [-0.39, 0.29) is 58.1 Å². The molecule has 0 unspecified atom stereocenters. The second-order valence-electron chi connectivity index (χ2n) is 4.78. The Kier molecular flexibility index (Phi) is 5.50. The number of hydrogen-bond acceptors (Lipinski definition) is 6. The number of hydrogen-bond donors (Lipinski definition) is 2. The average Bonchev–Trinajstić information content (AvgIpc) is 2.55. The van der Waals surface area contributed by atoms with Gasteiger partial charge in [-0.3, -0.25) is 10.1 Å². The number of aromatic hydroxyl groups is 2. The topological polar surface area (TPSA) is 108 Å². The second kappa shape index (κ2) is 7.39. The van der Waals surface area contributed by atoms with E-state index in [0.29, 0.717) is 5.39 Å². The van der Waals surface area contributed by atoms with E-state index in [4.69, 9.17) is 0 Å². The van der Waals surface area contributed by atoms with Crippen molar-refractivity contribution in [1.29, 1.82) is 0 Å². The quantitative estimate of drug-likeness (QED) is 0.324. The molecule has 7 nitrogen and oxygen atoms in total. The van der Waals surface area contributed by atoms with Crippen molar-refractivity contribution in [3.05, 3.63) is 64.7 Å². The number of nitro benzene ring substituents is 1. The number of nitro groups is 1. The first-order valence-corrected chi connectivity index (χ1v) is 6.66. The van der Waals surface area contributed by atoms with Gasteiger partial charge in [0.15, 0.2) is 0 Å². The van der Waals surface area contributed by atoms with Crippen LogP contribution >= 0.6 is 0 Å². The first-order chi connectivity index (χ1) is 11.1. The average molecular weight is 332 g/mol. The molecule has 0 amide bonds. The zero-order chi connectivity index (χ0) is 16.4. The Labute approximate surface area is 158 Å². The summed E-state index contributed by atoms with van der Waals surface area (Å²) in [5.41, 5.74) is 0.0956. The van der Waals surface area contributed by atoms with Crippen LogP contribution in [-0.4, -0.2) is 44.7 Å². The van der Waals surface area contributed by atoms with Crippen LogP contribution in [0.5, 0.6) is 11.5 Å². The predicted octanol–water partition coefficient (Wildman–Crippen LogP) is 4.19. The van der Waals surface area contributed by atoms with Crippen LogP contribution in [0.25, 0.3) is 10.8 Å². The molecule has 0 heterocycles. The van der Waals surface area contributed by atoms with Gasteiger partial charge >= 0.3 is 0 Å². The summed E-state index contributed by atoms with van der Waals surface area (Å²) in [4.78, 5) is 10.0. The maximum absolute atomic E-state index is 10.6. The largest absolute Gasteiger partial charge is 0.506 e. The fraction of sp³-hybridized carbons (Fsp3) is 0. The fourth-order valence-electron chi connectivity index (χ4n) is 2.16. The summed E-state index contributed by atoms with van der Waals surface area (Å²) < 4.78 is 0. The molecule has 8 heteroatoms. The van der Waals surface area contributed by atoms with Crippen molar-refractivity contribution in [3.8, 4) is 11.5 Å². The molecule has 24 heavy (non-hydrogen) atoms. The minimum Gasteiger partial charge on any atom is -0.506 e. The molecule has 1 radical (unpaired) electrons. The van der Waals surface area contributed by atoms with Gasteiger partial charge in [0.1, 0.15) is 22.9 Å². The Morgan fingerprint density at radius 2 is 1.67 bits per heavy atom. The van der Waals surface area contributed by atoms with Crippen LogP contribution in [0.3, 0.4) is 0 Å². The van der Waals surface area contributed by atoms with Gasteiger partial charge in [-0.1, -0.05) is 30.3 Å². The number of rotatable bonds is 3. The van der Waals surface area contributed by atoms with Crippen LogP contribution in [0.4, 0.5) is 17.1 Å². The summed E-state index contributed by atoms with van der Waals surface area (Å²) in [6, 6.07) is 14.1. The molecule has 0 aliphatic heterocycles. The summed E-state index contributed by atoms with van der Waals surface area (Å²) in [6.07, 6.45) is 0. The minimum absolute atomic E-state index is 0. The number of phenols is 2. The van der Waals surface area contributed by atoms with E-state index in [2.05, 4.69) is 10.2 Å². The molecule has 0 saturated carbocycles. The van der Waals surface area contributed by atoms with E-state index >= 15 is 0 Å². The normalized spacial score (nSPS) is 10.7. The number of fused-ring (bicyclic) bond motifs is 1. The van der Waals surface area contributed by atoms with Gasteiger partial charge in [-0.25, -0.2) is 0 Å². The van der Waals surface area contributed by atoms with Crippen LogP contribution in [0.2, 0.25) is 0 Å².